The van der Waals surface area contributed by atoms with Crippen molar-refractivity contribution >= 4 is 39.8 Å². The van der Waals surface area contributed by atoms with Crippen LogP contribution in [0.15, 0.2) is 41.2 Å². The monoisotopic (exact) mass is 424 g/mol. The molecule has 7 heteroatoms. The molecule has 156 valence electrons. The summed E-state index contributed by atoms with van der Waals surface area (Å²) in [6, 6.07) is 10.5. The number of aromatic nitrogens is 2. The van der Waals surface area contributed by atoms with Crippen molar-refractivity contribution in [1.82, 2.24) is 9.55 Å². The smallest absolute Gasteiger partial charge is 0.261 e. The summed E-state index contributed by atoms with van der Waals surface area (Å²) in [4.78, 5) is 32.6. The van der Waals surface area contributed by atoms with Gasteiger partial charge in [-0.1, -0.05) is 24.4 Å². The van der Waals surface area contributed by atoms with Crippen molar-refractivity contribution in [3.8, 4) is 0 Å². The molecule has 0 atom stereocenters. The van der Waals surface area contributed by atoms with Gasteiger partial charge < -0.3 is 10.2 Å². The number of halogens is 1. The Morgan fingerprint density at radius 3 is 2.70 bits per heavy atom. The van der Waals surface area contributed by atoms with E-state index in [1.165, 1.54) is 0 Å². The fraction of sp³-hybridized carbons (Fsp3) is 0.348. The Hall–Kier alpha value is -2.86. The minimum atomic E-state index is -0.268. The van der Waals surface area contributed by atoms with E-state index in [9.17, 15) is 9.59 Å². The molecular weight excluding hydrogens is 400 g/mol. The zero-order chi connectivity index (χ0) is 21.3. The van der Waals surface area contributed by atoms with E-state index < -0.39 is 0 Å². The molecule has 0 fully saturated rings. The van der Waals surface area contributed by atoms with Gasteiger partial charge in [0, 0.05) is 37.6 Å². The molecule has 0 radical (unpaired) electrons. The average Bonchev–Trinajstić information content (AvgIpc) is 2.69. The molecule has 6 nitrogen and oxygen atoms in total. The van der Waals surface area contributed by atoms with E-state index in [0.717, 1.165) is 43.6 Å². The van der Waals surface area contributed by atoms with Gasteiger partial charge in [0.15, 0.2) is 0 Å². The summed E-state index contributed by atoms with van der Waals surface area (Å²) >= 11 is 6.12. The number of amides is 1. The first-order chi connectivity index (χ1) is 14.4. The van der Waals surface area contributed by atoms with Crippen LogP contribution in [0.2, 0.25) is 5.02 Å². The van der Waals surface area contributed by atoms with Gasteiger partial charge in [-0.15, -0.1) is 0 Å². The maximum atomic E-state index is 13.0. The van der Waals surface area contributed by atoms with Gasteiger partial charge in [-0.25, -0.2) is 4.98 Å². The molecular formula is C23H25ClN4O2. The quantitative estimate of drug-likeness (QED) is 0.672. The average molecular weight is 425 g/mol. The minimum Gasteiger partial charge on any atom is -0.376 e. The van der Waals surface area contributed by atoms with E-state index in [2.05, 4.69) is 5.32 Å². The van der Waals surface area contributed by atoms with Gasteiger partial charge >= 0.3 is 0 Å². The Morgan fingerprint density at radius 1 is 1.10 bits per heavy atom. The number of aryl methyl sites for hydroxylation is 1. The molecule has 1 aliphatic heterocycles. The third-order valence-electron chi connectivity index (χ3n) is 5.52. The van der Waals surface area contributed by atoms with Gasteiger partial charge in [0.1, 0.15) is 5.82 Å². The molecule has 1 aromatic heterocycles. The third-order valence-corrected chi connectivity index (χ3v) is 5.75. The number of hydrogen-bond donors (Lipinski definition) is 1. The Bertz CT molecular complexity index is 1170. The second kappa shape index (κ2) is 8.48. The van der Waals surface area contributed by atoms with Crippen LogP contribution in [0.1, 0.15) is 41.9 Å². The van der Waals surface area contributed by atoms with E-state index in [1.807, 2.05) is 25.1 Å². The SMILES string of the molecule is CN(C)c1ccc(Cl)cc1NC(=O)c1ccc2c(=O)n3c(nc2c1)CCCCCC3. The fourth-order valence-corrected chi connectivity index (χ4v) is 4.10. The highest BCUT2D eigenvalue weighted by molar-refractivity contribution is 6.31. The van der Waals surface area contributed by atoms with Crippen LogP contribution in [0.3, 0.4) is 0 Å². The Labute approximate surface area is 180 Å². The third kappa shape index (κ3) is 4.05. The Kier molecular flexibility index (Phi) is 5.77. The summed E-state index contributed by atoms with van der Waals surface area (Å²) in [5.41, 5.74) is 2.48. The van der Waals surface area contributed by atoms with Crippen LogP contribution in [-0.4, -0.2) is 29.6 Å². The molecule has 3 aromatic rings. The van der Waals surface area contributed by atoms with E-state index in [4.69, 9.17) is 16.6 Å². The summed E-state index contributed by atoms with van der Waals surface area (Å²) < 4.78 is 1.80. The van der Waals surface area contributed by atoms with Crippen LogP contribution in [0, 0.1) is 0 Å². The number of rotatable bonds is 3. The molecule has 30 heavy (non-hydrogen) atoms. The summed E-state index contributed by atoms with van der Waals surface area (Å²) in [6.07, 6.45) is 5.11. The molecule has 1 amide bonds. The second-order valence-electron chi connectivity index (χ2n) is 7.89. The lowest BCUT2D eigenvalue weighted by Crippen LogP contribution is -2.26. The summed E-state index contributed by atoms with van der Waals surface area (Å²) in [5.74, 6) is 0.547. The van der Waals surface area contributed by atoms with Gasteiger partial charge in [-0.3, -0.25) is 14.2 Å². The van der Waals surface area contributed by atoms with Crippen molar-refractivity contribution in [3.05, 3.63) is 63.2 Å². The van der Waals surface area contributed by atoms with Crippen LogP contribution in [0.4, 0.5) is 11.4 Å². The lowest BCUT2D eigenvalue weighted by molar-refractivity contribution is 0.102. The number of carbonyl (C=O) groups is 1. The summed E-state index contributed by atoms with van der Waals surface area (Å²) in [5, 5.41) is 4.03. The molecule has 1 N–H and O–H groups in total. The predicted octanol–water partition coefficient (Wildman–Crippen LogP) is 4.48. The largest absolute Gasteiger partial charge is 0.376 e. The minimum absolute atomic E-state index is 0.0198. The van der Waals surface area contributed by atoms with E-state index >= 15 is 0 Å². The molecule has 0 aliphatic carbocycles. The molecule has 0 bridgehead atoms. The van der Waals surface area contributed by atoms with Gasteiger partial charge in [-0.2, -0.15) is 0 Å². The standard InChI is InChI=1S/C23H25ClN4O2/c1-27(2)20-11-9-16(24)14-19(20)26-22(29)15-8-10-17-18(13-15)25-21-7-5-3-4-6-12-28(21)23(17)30/h8-11,13-14H,3-7,12H2,1-2H3,(H,26,29). The van der Waals surface area contributed by atoms with Crippen molar-refractivity contribution in [2.45, 2.75) is 38.6 Å². The zero-order valence-electron chi connectivity index (χ0n) is 17.2. The van der Waals surface area contributed by atoms with Crippen LogP contribution in [0.25, 0.3) is 10.9 Å². The maximum absolute atomic E-state index is 13.0. The van der Waals surface area contributed by atoms with Crippen molar-refractivity contribution in [1.29, 1.82) is 0 Å². The van der Waals surface area contributed by atoms with Crippen LogP contribution in [-0.2, 0) is 13.0 Å². The lowest BCUT2D eigenvalue weighted by Gasteiger charge is -2.18. The Morgan fingerprint density at radius 2 is 1.90 bits per heavy atom. The number of benzene rings is 2. The topological polar surface area (TPSA) is 67.2 Å². The number of nitrogens with zero attached hydrogens (tertiary/aromatic N) is 3. The van der Waals surface area contributed by atoms with Gasteiger partial charge in [0.05, 0.1) is 22.3 Å². The molecule has 0 saturated heterocycles. The van der Waals surface area contributed by atoms with Gasteiger partial charge in [0.2, 0.25) is 0 Å². The molecule has 1 aliphatic rings. The molecule has 2 heterocycles. The summed E-state index contributed by atoms with van der Waals surface area (Å²) in [6.45, 7) is 0.710. The van der Waals surface area contributed by atoms with Gasteiger partial charge in [0.25, 0.3) is 11.5 Å². The van der Waals surface area contributed by atoms with Gasteiger partial charge in [-0.05, 0) is 49.2 Å². The number of nitrogens with one attached hydrogen (secondary N) is 1. The van der Waals surface area contributed by atoms with E-state index in [-0.39, 0.29) is 11.5 Å². The maximum Gasteiger partial charge on any atom is 0.261 e. The predicted molar refractivity (Wildman–Crippen MR) is 122 cm³/mol. The molecule has 0 saturated carbocycles. The molecule has 0 spiro atoms. The number of anilines is 2. The zero-order valence-corrected chi connectivity index (χ0v) is 18.0. The van der Waals surface area contributed by atoms with Crippen molar-refractivity contribution < 1.29 is 4.79 Å². The van der Waals surface area contributed by atoms with Crippen LogP contribution < -0.4 is 15.8 Å². The van der Waals surface area contributed by atoms with Crippen molar-refractivity contribution in [2.24, 2.45) is 0 Å². The number of carbonyl (C=O) groups excluding carboxylic acids is 1. The molecule has 2 aromatic carbocycles. The van der Waals surface area contributed by atoms with Crippen molar-refractivity contribution in [2.75, 3.05) is 24.3 Å². The van der Waals surface area contributed by atoms with Crippen molar-refractivity contribution in [3.63, 3.8) is 0 Å². The Balaban J connectivity index is 1.70. The first-order valence-corrected chi connectivity index (χ1v) is 10.6. The number of hydrogen-bond acceptors (Lipinski definition) is 4. The number of fused-ring (bicyclic) bond motifs is 2. The fourth-order valence-electron chi connectivity index (χ4n) is 3.93. The first-order valence-electron chi connectivity index (χ1n) is 10.3. The van der Waals surface area contributed by atoms with E-state index in [0.29, 0.717) is 33.7 Å². The summed E-state index contributed by atoms with van der Waals surface area (Å²) in [7, 11) is 3.81. The second-order valence-corrected chi connectivity index (χ2v) is 8.33. The van der Waals surface area contributed by atoms with E-state index in [1.54, 1.807) is 34.9 Å². The molecule has 0 unspecified atom stereocenters. The lowest BCUT2D eigenvalue weighted by atomic mass is 10.1. The first kappa shape index (κ1) is 20.4. The highest BCUT2D eigenvalue weighted by Gasteiger charge is 2.16. The normalized spacial score (nSPS) is 14.0. The van der Waals surface area contributed by atoms with Crippen LogP contribution in [0.5, 0.6) is 0 Å². The molecule has 4 rings (SSSR count). The highest BCUT2D eigenvalue weighted by atomic mass is 35.5. The highest BCUT2D eigenvalue weighted by Crippen LogP contribution is 2.28. The van der Waals surface area contributed by atoms with Crippen LogP contribution >= 0.6 is 11.6 Å².